The molecule has 118 valence electrons. The van der Waals surface area contributed by atoms with Gasteiger partial charge >= 0.3 is 0 Å². The number of halogens is 2. The van der Waals surface area contributed by atoms with Crippen LogP contribution in [0, 0.1) is 11.8 Å². The zero-order valence-corrected chi connectivity index (χ0v) is 14.7. The molecular weight excluding hydrogens is 305 g/mol. The van der Waals surface area contributed by atoms with E-state index in [-0.39, 0.29) is 6.10 Å². The van der Waals surface area contributed by atoms with E-state index >= 15 is 0 Å². The molecule has 1 fully saturated rings. The highest BCUT2D eigenvalue weighted by Gasteiger charge is 2.41. The number of ether oxygens (including phenoxy) is 1. The Morgan fingerprint density at radius 2 is 1.76 bits per heavy atom. The van der Waals surface area contributed by atoms with E-state index in [4.69, 9.17) is 27.9 Å². The van der Waals surface area contributed by atoms with Crippen molar-refractivity contribution >= 4 is 23.2 Å². The molecule has 4 heteroatoms. The summed E-state index contributed by atoms with van der Waals surface area (Å²) in [6.45, 7) is 9.67. The van der Waals surface area contributed by atoms with Gasteiger partial charge in [-0.2, -0.15) is 0 Å². The molecular formula is C17H25Cl2NO. The average molecular weight is 330 g/mol. The molecule has 1 aromatic rings. The molecule has 5 atom stereocenters. The standard InChI is InChI=1S/C17H25Cl2NO/c1-5-20-16(17-10(2)11(3)21-12(17)4)9-13-14(18)7-6-8-15(13)19/h6-8,10-12,16-17,20H,5,9H2,1-4H3. The molecule has 5 unspecified atom stereocenters. The molecule has 0 saturated carbocycles. The van der Waals surface area contributed by atoms with Gasteiger partial charge in [-0.3, -0.25) is 0 Å². The van der Waals surface area contributed by atoms with E-state index in [0.717, 1.165) is 28.6 Å². The van der Waals surface area contributed by atoms with Crippen LogP contribution in [-0.4, -0.2) is 24.8 Å². The maximum Gasteiger partial charge on any atom is 0.0597 e. The number of rotatable bonds is 5. The van der Waals surface area contributed by atoms with Crippen LogP contribution in [-0.2, 0) is 11.2 Å². The third-order valence-corrected chi connectivity index (χ3v) is 5.44. The first-order valence-corrected chi connectivity index (χ1v) is 8.53. The molecule has 0 aromatic heterocycles. The van der Waals surface area contributed by atoms with E-state index in [1.54, 1.807) is 0 Å². The van der Waals surface area contributed by atoms with Crippen LogP contribution in [0.25, 0.3) is 0 Å². The van der Waals surface area contributed by atoms with Crippen molar-refractivity contribution in [3.05, 3.63) is 33.8 Å². The van der Waals surface area contributed by atoms with Gasteiger partial charge in [-0.15, -0.1) is 0 Å². The fraction of sp³-hybridized carbons (Fsp3) is 0.647. The van der Waals surface area contributed by atoms with Gasteiger partial charge in [0.25, 0.3) is 0 Å². The molecule has 1 aliphatic heterocycles. The lowest BCUT2D eigenvalue weighted by atomic mass is 9.81. The molecule has 1 aliphatic rings. The lowest BCUT2D eigenvalue weighted by Crippen LogP contribution is -2.43. The summed E-state index contributed by atoms with van der Waals surface area (Å²) in [5.41, 5.74) is 1.03. The summed E-state index contributed by atoms with van der Waals surface area (Å²) >= 11 is 12.7. The second-order valence-corrected chi connectivity index (χ2v) is 6.87. The number of likely N-dealkylation sites (N-methyl/N-ethyl adjacent to an activating group) is 1. The Bertz CT molecular complexity index is 460. The Kier molecular flexibility index (Phi) is 5.96. The number of hydrogen-bond donors (Lipinski definition) is 1. The molecule has 0 radical (unpaired) electrons. The Balaban J connectivity index is 2.23. The van der Waals surface area contributed by atoms with Crippen LogP contribution in [0.15, 0.2) is 18.2 Å². The highest BCUT2D eigenvalue weighted by atomic mass is 35.5. The minimum Gasteiger partial charge on any atom is -0.375 e. The molecule has 0 aliphatic carbocycles. The van der Waals surface area contributed by atoms with Crippen LogP contribution in [0.3, 0.4) is 0 Å². The molecule has 1 saturated heterocycles. The van der Waals surface area contributed by atoms with Gasteiger partial charge in [-0.05, 0) is 50.4 Å². The van der Waals surface area contributed by atoms with Crippen LogP contribution in [0.5, 0.6) is 0 Å². The molecule has 0 bridgehead atoms. The third kappa shape index (κ3) is 3.73. The largest absolute Gasteiger partial charge is 0.375 e. The molecule has 0 spiro atoms. The molecule has 1 aromatic carbocycles. The summed E-state index contributed by atoms with van der Waals surface area (Å²) in [5, 5.41) is 5.11. The zero-order valence-electron chi connectivity index (χ0n) is 13.2. The van der Waals surface area contributed by atoms with E-state index in [2.05, 4.69) is 33.0 Å². The van der Waals surface area contributed by atoms with Gasteiger partial charge in [-0.25, -0.2) is 0 Å². The Labute approximate surface area is 138 Å². The highest BCUT2D eigenvalue weighted by Crippen LogP contribution is 2.37. The molecule has 1 N–H and O–H groups in total. The van der Waals surface area contributed by atoms with Crippen molar-refractivity contribution in [2.24, 2.45) is 11.8 Å². The first-order valence-electron chi connectivity index (χ1n) is 7.77. The maximum absolute atomic E-state index is 6.34. The molecule has 21 heavy (non-hydrogen) atoms. The predicted octanol–water partition coefficient (Wildman–Crippen LogP) is 4.57. The fourth-order valence-electron chi connectivity index (χ4n) is 3.54. The van der Waals surface area contributed by atoms with Crippen LogP contribution < -0.4 is 5.32 Å². The summed E-state index contributed by atoms with van der Waals surface area (Å²) in [7, 11) is 0. The third-order valence-electron chi connectivity index (χ3n) is 4.74. The molecule has 1 heterocycles. The first kappa shape index (κ1) is 17.1. The van der Waals surface area contributed by atoms with Crippen molar-refractivity contribution in [2.45, 2.75) is 52.4 Å². The Hall–Kier alpha value is -0.280. The molecule has 0 amide bonds. The summed E-state index contributed by atoms with van der Waals surface area (Å²) in [5.74, 6) is 0.984. The summed E-state index contributed by atoms with van der Waals surface area (Å²) < 4.78 is 6.01. The summed E-state index contributed by atoms with van der Waals surface area (Å²) in [6.07, 6.45) is 1.38. The van der Waals surface area contributed by atoms with Crippen molar-refractivity contribution in [1.82, 2.24) is 5.32 Å². The normalized spacial score (nSPS) is 30.6. The van der Waals surface area contributed by atoms with Crippen molar-refractivity contribution in [3.8, 4) is 0 Å². The summed E-state index contributed by atoms with van der Waals surface area (Å²) in [4.78, 5) is 0. The van der Waals surface area contributed by atoms with Crippen molar-refractivity contribution in [1.29, 1.82) is 0 Å². The van der Waals surface area contributed by atoms with Crippen molar-refractivity contribution in [3.63, 3.8) is 0 Å². The quantitative estimate of drug-likeness (QED) is 0.854. The second kappa shape index (κ2) is 7.32. The fourth-order valence-corrected chi connectivity index (χ4v) is 4.09. The van der Waals surface area contributed by atoms with E-state index in [1.165, 1.54) is 0 Å². The van der Waals surface area contributed by atoms with Gasteiger partial charge in [0.15, 0.2) is 0 Å². The Morgan fingerprint density at radius 1 is 1.14 bits per heavy atom. The van der Waals surface area contributed by atoms with E-state index in [9.17, 15) is 0 Å². The molecule has 2 nitrogen and oxygen atoms in total. The van der Waals surface area contributed by atoms with Gasteiger partial charge in [0.1, 0.15) is 0 Å². The Morgan fingerprint density at radius 3 is 2.24 bits per heavy atom. The zero-order chi connectivity index (χ0) is 15.6. The van der Waals surface area contributed by atoms with E-state index < -0.39 is 0 Å². The van der Waals surface area contributed by atoms with Crippen LogP contribution in [0.4, 0.5) is 0 Å². The number of nitrogens with one attached hydrogen (secondary N) is 1. The van der Waals surface area contributed by atoms with Gasteiger partial charge < -0.3 is 10.1 Å². The van der Waals surface area contributed by atoms with Crippen molar-refractivity contribution in [2.75, 3.05) is 6.54 Å². The monoisotopic (exact) mass is 329 g/mol. The lowest BCUT2D eigenvalue weighted by molar-refractivity contribution is 0.0476. The number of hydrogen-bond acceptors (Lipinski definition) is 2. The van der Waals surface area contributed by atoms with E-state index in [1.807, 2.05) is 18.2 Å². The van der Waals surface area contributed by atoms with Crippen LogP contribution in [0.2, 0.25) is 10.0 Å². The van der Waals surface area contributed by atoms with Crippen LogP contribution >= 0.6 is 23.2 Å². The minimum absolute atomic E-state index is 0.250. The average Bonchev–Trinajstić information content (AvgIpc) is 2.67. The van der Waals surface area contributed by atoms with Crippen LogP contribution in [0.1, 0.15) is 33.3 Å². The minimum atomic E-state index is 0.250. The van der Waals surface area contributed by atoms with Gasteiger partial charge in [-0.1, -0.05) is 43.1 Å². The SMILES string of the molecule is CCNC(Cc1c(Cl)cccc1Cl)C1C(C)OC(C)C1C. The predicted molar refractivity (Wildman–Crippen MR) is 90.3 cm³/mol. The van der Waals surface area contributed by atoms with Crippen molar-refractivity contribution < 1.29 is 4.74 Å². The topological polar surface area (TPSA) is 21.3 Å². The molecule has 2 rings (SSSR count). The highest BCUT2D eigenvalue weighted by molar-refractivity contribution is 6.36. The lowest BCUT2D eigenvalue weighted by Gasteiger charge is -2.30. The van der Waals surface area contributed by atoms with Gasteiger partial charge in [0.2, 0.25) is 0 Å². The smallest absolute Gasteiger partial charge is 0.0597 e. The van der Waals surface area contributed by atoms with Gasteiger partial charge in [0, 0.05) is 22.0 Å². The van der Waals surface area contributed by atoms with E-state index in [0.29, 0.717) is 24.0 Å². The van der Waals surface area contributed by atoms with Gasteiger partial charge in [0.05, 0.1) is 12.2 Å². The second-order valence-electron chi connectivity index (χ2n) is 6.05. The number of benzene rings is 1. The maximum atomic E-state index is 6.34. The first-order chi connectivity index (χ1) is 9.95. The summed E-state index contributed by atoms with van der Waals surface area (Å²) in [6, 6.07) is 6.03.